The summed E-state index contributed by atoms with van der Waals surface area (Å²) in [7, 11) is 0. The van der Waals surface area contributed by atoms with Gasteiger partial charge in [0.1, 0.15) is 0 Å². The number of hydrogen-bond donors (Lipinski definition) is 0. The first-order valence-electron chi connectivity index (χ1n) is 2.13. The highest BCUT2D eigenvalue weighted by Crippen LogP contribution is 1.80. The standard InChI is InChI=1S/C4H8FO2/c5-2-1-3-7-4-6/h1-4H2. The van der Waals surface area contributed by atoms with Gasteiger partial charge in [0.2, 0.25) is 0 Å². The first-order chi connectivity index (χ1) is 3.41. The molecule has 0 aromatic rings. The van der Waals surface area contributed by atoms with Crippen LogP contribution in [0, 0.1) is 0 Å². The second-order valence-corrected chi connectivity index (χ2v) is 1.07. The number of hydrogen-bond acceptors (Lipinski definition) is 1. The molecule has 0 rings (SSSR count). The minimum atomic E-state index is -0.556. The molecule has 0 spiro atoms. The zero-order valence-corrected chi connectivity index (χ0v) is 4.02. The van der Waals surface area contributed by atoms with Crippen LogP contribution < -0.4 is 0 Å². The third kappa shape index (κ3) is 5.85. The summed E-state index contributed by atoms with van der Waals surface area (Å²) in [6.45, 7) is -0.708. The predicted octanol–water partition coefficient (Wildman–Crippen LogP) is 0.751. The number of halogens is 1. The predicted molar refractivity (Wildman–Crippen MR) is 22.1 cm³/mol. The fourth-order valence-electron chi connectivity index (χ4n) is 0.216. The van der Waals surface area contributed by atoms with E-state index in [2.05, 4.69) is 4.74 Å². The topological polar surface area (TPSA) is 29.1 Å². The van der Waals surface area contributed by atoms with Crippen LogP contribution in [0.5, 0.6) is 0 Å². The SMILES string of the molecule is [O]COCCCF. The number of ether oxygens (including phenoxy) is 1. The van der Waals surface area contributed by atoms with Gasteiger partial charge in [-0.1, -0.05) is 0 Å². The van der Waals surface area contributed by atoms with Crippen molar-refractivity contribution in [2.75, 3.05) is 20.1 Å². The van der Waals surface area contributed by atoms with Gasteiger partial charge in [0.15, 0.2) is 6.79 Å². The maximum absolute atomic E-state index is 11.1. The Balaban J connectivity index is 2.45. The van der Waals surface area contributed by atoms with Crippen LogP contribution >= 0.6 is 0 Å². The molecule has 0 saturated carbocycles. The van der Waals surface area contributed by atoms with E-state index in [9.17, 15) is 9.50 Å². The van der Waals surface area contributed by atoms with E-state index in [4.69, 9.17) is 0 Å². The van der Waals surface area contributed by atoms with Gasteiger partial charge in [-0.2, -0.15) is 0 Å². The van der Waals surface area contributed by atoms with Crippen LogP contribution in [0.2, 0.25) is 0 Å². The Morgan fingerprint density at radius 1 is 1.57 bits per heavy atom. The zero-order chi connectivity index (χ0) is 5.54. The fourth-order valence-corrected chi connectivity index (χ4v) is 0.216. The Morgan fingerprint density at radius 2 is 2.29 bits per heavy atom. The summed E-state index contributed by atoms with van der Waals surface area (Å²) in [6.07, 6.45) is 0.336. The van der Waals surface area contributed by atoms with Crippen molar-refractivity contribution < 1.29 is 14.2 Å². The molecule has 0 aromatic carbocycles. The van der Waals surface area contributed by atoms with Crippen LogP contribution in [-0.2, 0) is 9.84 Å². The van der Waals surface area contributed by atoms with Gasteiger partial charge in [0.05, 0.1) is 13.3 Å². The summed E-state index contributed by atoms with van der Waals surface area (Å²) in [5.74, 6) is 0. The molecule has 0 amide bonds. The van der Waals surface area contributed by atoms with Crippen molar-refractivity contribution in [1.82, 2.24) is 0 Å². The van der Waals surface area contributed by atoms with Gasteiger partial charge >= 0.3 is 0 Å². The highest BCUT2D eigenvalue weighted by Gasteiger charge is 1.82. The van der Waals surface area contributed by atoms with Crippen molar-refractivity contribution in [3.8, 4) is 0 Å². The number of rotatable bonds is 4. The first kappa shape index (κ1) is 6.85. The fraction of sp³-hybridized carbons (Fsp3) is 1.00. The van der Waals surface area contributed by atoms with E-state index in [0.29, 0.717) is 6.42 Å². The Hall–Kier alpha value is -0.150. The van der Waals surface area contributed by atoms with E-state index in [0.717, 1.165) is 0 Å². The molecular weight excluding hydrogens is 99.0 g/mol. The largest absolute Gasteiger partial charge is 0.352 e. The molecule has 1 radical (unpaired) electrons. The van der Waals surface area contributed by atoms with Gasteiger partial charge in [-0.25, -0.2) is 5.11 Å². The summed E-state index contributed by atoms with van der Waals surface area (Å²) in [4.78, 5) is 0. The molecule has 0 N–H and O–H groups in total. The molecule has 0 saturated heterocycles. The lowest BCUT2D eigenvalue weighted by atomic mass is 10.5. The highest BCUT2D eigenvalue weighted by molar-refractivity contribution is 4.26. The summed E-state index contributed by atoms with van der Waals surface area (Å²) in [5, 5.41) is 9.46. The quantitative estimate of drug-likeness (QED) is 0.385. The molecule has 0 unspecified atom stereocenters. The van der Waals surface area contributed by atoms with Crippen molar-refractivity contribution in [3.05, 3.63) is 0 Å². The van der Waals surface area contributed by atoms with E-state index in [-0.39, 0.29) is 6.61 Å². The summed E-state index contributed by atoms with van der Waals surface area (Å²) < 4.78 is 15.4. The minimum Gasteiger partial charge on any atom is -0.352 e. The van der Waals surface area contributed by atoms with Crippen LogP contribution in [0.1, 0.15) is 6.42 Å². The second kappa shape index (κ2) is 5.85. The van der Waals surface area contributed by atoms with Crippen LogP contribution in [0.15, 0.2) is 0 Å². The zero-order valence-electron chi connectivity index (χ0n) is 4.02. The van der Waals surface area contributed by atoms with Gasteiger partial charge in [-0.15, -0.1) is 0 Å². The van der Waals surface area contributed by atoms with Crippen LogP contribution in [0.4, 0.5) is 4.39 Å². The minimum absolute atomic E-state index is 0.250. The molecule has 0 aliphatic rings. The lowest BCUT2D eigenvalue weighted by molar-refractivity contribution is -0.0451. The smallest absolute Gasteiger partial charge is 0.180 e. The first-order valence-corrected chi connectivity index (χ1v) is 2.13. The molecular formula is C4H8FO2. The van der Waals surface area contributed by atoms with Gasteiger partial charge in [0, 0.05) is 0 Å². The van der Waals surface area contributed by atoms with Crippen molar-refractivity contribution in [2.24, 2.45) is 0 Å². The molecule has 3 heteroatoms. The van der Waals surface area contributed by atoms with E-state index >= 15 is 0 Å². The average Bonchev–Trinajstić information content (AvgIpc) is 1.69. The van der Waals surface area contributed by atoms with Crippen LogP contribution in [-0.4, -0.2) is 20.1 Å². The van der Waals surface area contributed by atoms with Gasteiger partial charge in [-0.3, -0.25) is 4.39 Å². The molecule has 2 nitrogen and oxygen atoms in total. The van der Waals surface area contributed by atoms with E-state index in [1.807, 2.05) is 0 Å². The van der Waals surface area contributed by atoms with Crippen LogP contribution in [0.25, 0.3) is 0 Å². The Morgan fingerprint density at radius 3 is 2.71 bits per heavy atom. The molecule has 0 heterocycles. The van der Waals surface area contributed by atoms with Gasteiger partial charge in [-0.05, 0) is 6.42 Å². The Kier molecular flexibility index (Phi) is 5.72. The lowest BCUT2D eigenvalue weighted by Gasteiger charge is -1.91. The maximum Gasteiger partial charge on any atom is 0.180 e. The third-order valence-corrected chi connectivity index (χ3v) is 0.506. The molecule has 0 aromatic heterocycles. The average molecular weight is 107 g/mol. The number of alkyl halides is 1. The highest BCUT2D eigenvalue weighted by atomic mass is 19.1. The maximum atomic E-state index is 11.1. The van der Waals surface area contributed by atoms with Crippen molar-refractivity contribution >= 4 is 0 Å². The lowest BCUT2D eigenvalue weighted by Crippen LogP contribution is -1.94. The van der Waals surface area contributed by atoms with E-state index < -0.39 is 13.5 Å². The van der Waals surface area contributed by atoms with Crippen molar-refractivity contribution in [2.45, 2.75) is 6.42 Å². The summed E-state index contributed by atoms with van der Waals surface area (Å²) >= 11 is 0. The molecule has 0 atom stereocenters. The van der Waals surface area contributed by atoms with Crippen molar-refractivity contribution in [3.63, 3.8) is 0 Å². The normalized spacial score (nSPS) is 9.43. The van der Waals surface area contributed by atoms with Crippen molar-refractivity contribution in [1.29, 1.82) is 0 Å². The third-order valence-electron chi connectivity index (χ3n) is 0.506. The van der Waals surface area contributed by atoms with Gasteiger partial charge < -0.3 is 4.74 Å². The molecule has 0 fully saturated rings. The Labute approximate surface area is 41.9 Å². The second-order valence-electron chi connectivity index (χ2n) is 1.07. The molecule has 43 valence electrons. The molecule has 0 aliphatic carbocycles. The summed E-state index contributed by atoms with van der Waals surface area (Å²) in [6, 6.07) is 0. The van der Waals surface area contributed by atoms with Gasteiger partial charge in [0.25, 0.3) is 0 Å². The van der Waals surface area contributed by atoms with E-state index in [1.165, 1.54) is 0 Å². The summed E-state index contributed by atoms with van der Waals surface area (Å²) in [5.41, 5.74) is 0. The molecule has 7 heavy (non-hydrogen) atoms. The monoisotopic (exact) mass is 107 g/mol. The molecule has 0 aliphatic heterocycles. The molecule has 0 bridgehead atoms. The Bertz CT molecular complexity index is 28.9. The van der Waals surface area contributed by atoms with E-state index in [1.54, 1.807) is 0 Å². The van der Waals surface area contributed by atoms with Crippen LogP contribution in [0.3, 0.4) is 0 Å².